The lowest BCUT2D eigenvalue weighted by molar-refractivity contribution is 0.0704. The van der Waals surface area contributed by atoms with Gasteiger partial charge in [0.2, 0.25) is 0 Å². The fourth-order valence-corrected chi connectivity index (χ4v) is 4.77. The molecule has 3 aliphatic heterocycles. The van der Waals surface area contributed by atoms with Gasteiger partial charge in [-0.2, -0.15) is 0 Å². The first-order chi connectivity index (χ1) is 16.5. The van der Waals surface area contributed by atoms with Crippen molar-refractivity contribution in [3.63, 3.8) is 0 Å². The van der Waals surface area contributed by atoms with Crippen LogP contribution in [0.15, 0.2) is 36.4 Å². The van der Waals surface area contributed by atoms with Crippen LogP contribution < -0.4 is 14.4 Å². The smallest absolute Gasteiger partial charge is 0.414 e. The van der Waals surface area contributed by atoms with Crippen molar-refractivity contribution in [3.8, 4) is 11.5 Å². The summed E-state index contributed by atoms with van der Waals surface area (Å²) in [7, 11) is 1.44. The summed E-state index contributed by atoms with van der Waals surface area (Å²) in [5.74, 6) is -0.619. The van der Waals surface area contributed by atoms with Gasteiger partial charge >= 0.3 is 6.09 Å². The van der Waals surface area contributed by atoms with Gasteiger partial charge in [0.25, 0.3) is 5.91 Å². The number of nitrogens with zero attached hydrogens (tertiary/aromatic N) is 2. The van der Waals surface area contributed by atoms with Crippen molar-refractivity contribution < 1.29 is 32.9 Å². The molecular weight excluding hydrogens is 443 g/mol. The van der Waals surface area contributed by atoms with Crippen molar-refractivity contribution in [1.29, 1.82) is 0 Å². The number of piperidine rings is 1. The van der Waals surface area contributed by atoms with Crippen LogP contribution in [0.4, 0.5) is 14.9 Å². The molecule has 180 valence electrons. The molecule has 0 saturated carbocycles. The van der Waals surface area contributed by atoms with E-state index in [9.17, 15) is 14.0 Å². The first kappa shape index (κ1) is 22.5. The van der Waals surface area contributed by atoms with Gasteiger partial charge in [-0.15, -0.1) is 0 Å². The number of amides is 2. The molecule has 3 heterocycles. The molecule has 0 bridgehead atoms. The lowest BCUT2D eigenvalue weighted by atomic mass is 10.00. The Kier molecular flexibility index (Phi) is 6.28. The quantitative estimate of drug-likeness (QED) is 0.662. The highest BCUT2D eigenvalue weighted by molar-refractivity contribution is 5.97. The highest BCUT2D eigenvalue weighted by Gasteiger charge is 2.35. The summed E-state index contributed by atoms with van der Waals surface area (Å²) in [6.45, 7) is 2.11. The number of carbonyl (C=O) groups is 2. The van der Waals surface area contributed by atoms with Crippen LogP contribution in [0.25, 0.3) is 0 Å². The number of rotatable bonds is 5. The van der Waals surface area contributed by atoms with Crippen molar-refractivity contribution in [3.05, 3.63) is 53.3 Å². The van der Waals surface area contributed by atoms with Crippen LogP contribution in [-0.4, -0.2) is 62.5 Å². The van der Waals surface area contributed by atoms with Crippen molar-refractivity contribution >= 4 is 17.7 Å². The minimum absolute atomic E-state index is 0.0462. The van der Waals surface area contributed by atoms with Gasteiger partial charge in [0.15, 0.2) is 11.6 Å². The van der Waals surface area contributed by atoms with Crippen molar-refractivity contribution in [2.24, 2.45) is 0 Å². The molecule has 3 aliphatic rings. The van der Waals surface area contributed by atoms with E-state index in [1.807, 2.05) is 24.3 Å². The number of ether oxygens (including phenoxy) is 4. The molecule has 1 unspecified atom stereocenters. The topological polar surface area (TPSA) is 77.5 Å². The predicted octanol–water partition coefficient (Wildman–Crippen LogP) is 3.76. The number of anilines is 1. The van der Waals surface area contributed by atoms with Gasteiger partial charge in [-0.1, -0.05) is 18.2 Å². The normalized spacial score (nSPS) is 20.6. The Bertz CT molecular complexity index is 1080. The second-order valence-corrected chi connectivity index (χ2v) is 8.66. The summed E-state index contributed by atoms with van der Waals surface area (Å²) in [5, 5.41) is 0. The number of benzene rings is 2. The summed E-state index contributed by atoms with van der Waals surface area (Å²) in [6, 6.07) is 10.2. The highest BCUT2D eigenvalue weighted by Crippen LogP contribution is 2.34. The number of carbonyl (C=O) groups excluding carboxylic acids is 2. The summed E-state index contributed by atoms with van der Waals surface area (Å²) in [5.41, 5.74) is 1.97. The third-order valence-electron chi connectivity index (χ3n) is 6.58. The van der Waals surface area contributed by atoms with E-state index >= 15 is 0 Å². The molecule has 2 aromatic carbocycles. The summed E-state index contributed by atoms with van der Waals surface area (Å²) < 4.78 is 36.5. The van der Waals surface area contributed by atoms with Gasteiger partial charge in [0.1, 0.15) is 18.5 Å². The Balaban J connectivity index is 1.29. The molecule has 2 saturated heterocycles. The maximum absolute atomic E-state index is 14.8. The Morgan fingerprint density at radius 2 is 1.91 bits per heavy atom. The number of hydrogen-bond donors (Lipinski definition) is 0. The van der Waals surface area contributed by atoms with E-state index in [-0.39, 0.29) is 47.8 Å². The minimum atomic E-state index is -0.612. The molecule has 2 aromatic rings. The third kappa shape index (κ3) is 4.27. The highest BCUT2D eigenvalue weighted by atomic mass is 19.1. The molecule has 0 N–H and O–H groups in total. The number of fused-ring (bicyclic) bond motifs is 1. The van der Waals surface area contributed by atoms with E-state index in [1.165, 1.54) is 19.2 Å². The largest absolute Gasteiger partial charge is 0.496 e. The van der Waals surface area contributed by atoms with Crippen molar-refractivity contribution in [2.75, 3.05) is 38.3 Å². The van der Waals surface area contributed by atoms with E-state index in [2.05, 4.69) is 0 Å². The third-order valence-corrected chi connectivity index (χ3v) is 6.58. The van der Waals surface area contributed by atoms with E-state index in [1.54, 1.807) is 9.80 Å². The minimum Gasteiger partial charge on any atom is -0.496 e. The maximum atomic E-state index is 14.8. The van der Waals surface area contributed by atoms with Gasteiger partial charge in [-0.25, -0.2) is 9.18 Å². The Labute approximate surface area is 197 Å². The van der Waals surface area contributed by atoms with Crippen LogP contribution in [-0.2, 0) is 16.1 Å². The average molecular weight is 470 g/mol. The zero-order valence-corrected chi connectivity index (χ0v) is 19.0. The first-order valence-electron chi connectivity index (χ1n) is 11.5. The molecule has 1 atom stereocenters. The molecule has 2 fully saturated rings. The second-order valence-electron chi connectivity index (χ2n) is 8.66. The number of para-hydroxylation sites is 1. The average Bonchev–Trinajstić information content (AvgIpc) is 3.38. The van der Waals surface area contributed by atoms with Crippen LogP contribution in [0.2, 0.25) is 0 Å². The van der Waals surface area contributed by atoms with Gasteiger partial charge in [-0.05, 0) is 25.0 Å². The Hall–Kier alpha value is -3.33. The standard InChI is InChI=1S/C25H27FN2O6/c1-31-22-13-23(34-18-8-11-32-15-18)20(26)12-19(22)24(29)27-9-6-17(7-10-27)28-21-5-3-2-4-16(21)14-33-25(28)30/h2-5,12-13,17-18H,6-11,14-15H2,1H3. The fourth-order valence-electron chi connectivity index (χ4n) is 4.77. The summed E-state index contributed by atoms with van der Waals surface area (Å²) >= 11 is 0. The first-order valence-corrected chi connectivity index (χ1v) is 11.5. The number of cyclic esters (lactones) is 1. The zero-order chi connectivity index (χ0) is 23.7. The summed E-state index contributed by atoms with van der Waals surface area (Å²) in [6.07, 6.45) is 1.28. The van der Waals surface area contributed by atoms with Crippen LogP contribution in [0.5, 0.6) is 11.5 Å². The van der Waals surface area contributed by atoms with E-state index in [0.717, 1.165) is 11.3 Å². The Morgan fingerprint density at radius 3 is 2.65 bits per heavy atom. The second kappa shape index (κ2) is 9.50. The van der Waals surface area contributed by atoms with Crippen molar-refractivity contribution in [1.82, 2.24) is 4.90 Å². The van der Waals surface area contributed by atoms with Crippen LogP contribution >= 0.6 is 0 Å². The SMILES string of the molecule is COc1cc(OC2CCOC2)c(F)cc1C(=O)N1CCC(N2C(=O)OCc3ccccc32)CC1. The lowest BCUT2D eigenvalue weighted by Gasteiger charge is -2.40. The van der Waals surface area contributed by atoms with Gasteiger partial charge in [0, 0.05) is 37.2 Å². The number of likely N-dealkylation sites (tertiary alicyclic amines) is 1. The Morgan fingerprint density at radius 1 is 1.12 bits per heavy atom. The molecule has 0 aromatic heterocycles. The number of halogens is 1. The number of methoxy groups -OCH3 is 1. The van der Waals surface area contributed by atoms with Crippen LogP contribution in [0, 0.1) is 5.82 Å². The number of hydrogen-bond acceptors (Lipinski definition) is 6. The molecule has 0 radical (unpaired) electrons. The van der Waals surface area contributed by atoms with E-state index in [4.69, 9.17) is 18.9 Å². The molecule has 2 amide bonds. The van der Waals surface area contributed by atoms with E-state index < -0.39 is 5.82 Å². The van der Waals surface area contributed by atoms with Crippen molar-refractivity contribution in [2.45, 2.75) is 38.0 Å². The molecule has 9 heteroatoms. The van der Waals surface area contributed by atoms with E-state index in [0.29, 0.717) is 45.6 Å². The van der Waals surface area contributed by atoms with Gasteiger partial charge in [0.05, 0.1) is 31.6 Å². The molecule has 34 heavy (non-hydrogen) atoms. The van der Waals surface area contributed by atoms with Gasteiger partial charge in [-0.3, -0.25) is 9.69 Å². The summed E-state index contributed by atoms with van der Waals surface area (Å²) in [4.78, 5) is 29.1. The van der Waals surface area contributed by atoms with Gasteiger partial charge < -0.3 is 23.8 Å². The monoisotopic (exact) mass is 470 g/mol. The molecular formula is C25H27FN2O6. The molecule has 0 aliphatic carbocycles. The van der Waals surface area contributed by atoms with Crippen LogP contribution in [0.3, 0.4) is 0 Å². The molecule has 5 rings (SSSR count). The lowest BCUT2D eigenvalue weighted by Crippen LogP contribution is -2.50. The van der Waals surface area contributed by atoms with Crippen LogP contribution in [0.1, 0.15) is 35.2 Å². The zero-order valence-electron chi connectivity index (χ0n) is 19.0. The molecule has 0 spiro atoms. The molecule has 8 nitrogen and oxygen atoms in total. The predicted molar refractivity (Wildman–Crippen MR) is 121 cm³/mol. The fraction of sp³-hybridized carbons (Fsp3) is 0.440. The maximum Gasteiger partial charge on any atom is 0.414 e.